The first-order valence-corrected chi connectivity index (χ1v) is 10.3. The van der Waals surface area contributed by atoms with Gasteiger partial charge in [-0.05, 0) is 30.9 Å². The first-order valence-electron chi connectivity index (χ1n) is 9.27. The van der Waals surface area contributed by atoms with E-state index in [4.69, 9.17) is 4.74 Å². The molecule has 2 amide bonds. The zero-order valence-corrected chi connectivity index (χ0v) is 17.0. The van der Waals surface area contributed by atoms with E-state index in [0.717, 1.165) is 19.3 Å². The van der Waals surface area contributed by atoms with Gasteiger partial charge in [0.25, 0.3) is 5.91 Å². The number of ether oxygens (including phenoxy) is 1. The first-order chi connectivity index (χ1) is 12.9. The van der Waals surface area contributed by atoms with Gasteiger partial charge in [0, 0.05) is 25.0 Å². The molecule has 6 nitrogen and oxygen atoms in total. The number of nitrogens with one attached hydrogen (secondary N) is 1. The molecule has 1 aromatic carbocycles. The molecule has 1 aliphatic carbocycles. The average Bonchev–Trinajstić information content (AvgIpc) is 2.66. The van der Waals surface area contributed by atoms with Gasteiger partial charge in [-0.25, -0.2) is 4.79 Å². The lowest BCUT2D eigenvalue weighted by Crippen LogP contribution is -2.42. The Morgan fingerprint density at radius 2 is 1.89 bits per heavy atom. The monoisotopic (exact) mass is 392 g/mol. The van der Waals surface area contributed by atoms with Crippen molar-refractivity contribution >= 4 is 29.5 Å². The second kappa shape index (κ2) is 10.3. The third-order valence-electron chi connectivity index (χ3n) is 4.75. The van der Waals surface area contributed by atoms with E-state index in [1.807, 2.05) is 0 Å². The third-order valence-corrected chi connectivity index (χ3v) is 5.81. The van der Waals surface area contributed by atoms with Crippen LogP contribution in [-0.4, -0.2) is 55.2 Å². The highest BCUT2D eigenvalue weighted by atomic mass is 32.2. The van der Waals surface area contributed by atoms with E-state index in [2.05, 4.69) is 12.2 Å². The highest BCUT2D eigenvalue weighted by Gasteiger charge is 2.23. The van der Waals surface area contributed by atoms with E-state index < -0.39 is 5.97 Å². The van der Waals surface area contributed by atoms with E-state index in [1.165, 1.54) is 23.1 Å². The van der Waals surface area contributed by atoms with Gasteiger partial charge >= 0.3 is 5.97 Å². The van der Waals surface area contributed by atoms with E-state index >= 15 is 0 Å². The highest BCUT2D eigenvalue weighted by molar-refractivity contribution is 8.00. The Kier molecular flexibility index (Phi) is 8.16. The Balaban J connectivity index is 1.88. The Morgan fingerprint density at radius 3 is 2.59 bits per heavy atom. The van der Waals surface area contributed by atoms with E-state index in [-0.39, 0.29) is 30.2 Å². The summed E-state index contributed by atoms with van der Waals surface area (Å²) in [6.07, 6.45) is 4.40. The van der Waals surface area contributed by atoms with Crippen LogP contribution in [0.4, 0.5) is 0 Å². The normalized spacial score (nSPS) is 19.2. The van der Waals surface area contributed by atoms with Gasteiger partial charge in [-0.1, -0.05) is 31.9 Å². The Bertz CT molecular complexity index is 678. The number of hydrogen-bond acceptors (Lipinski definition) is 5. The zero-order valence-electron chi connectivity index (χ0n) is 16.2. The number of rotatable bonds is 7. The van der Waals surface area contributed by atoms with Crippen molar-refractivity contribution in [2.75, 3.05) is 26.5 Å². The predicted octanol–water partition coefficient (Wildman–Crippen LogP) is 2.72. The maximum absolute atomic E-state index is 12.4. The molecule has 27 heavy (non-hydrogen) atoms. The highest BCUT2D eigenvalue weighted by Crippen LogP contribution is 2.24. The molecule has 1 aromatic rings. The molecule has 0 spiro atoms. The van der Waals surface area contributed by atoms with Gasteiger partial charge in [0.2, 0.25) is 5.91 Å². The molecule has 0 aliphatic heterocycles. The molecular weight excluding hydrogens is 364 g/mol. The summed E-state index contributed by atoms with van der Waals surface area (Å²) in [5.41, 5.74) is 0.368. The van der Waals surface area contributed by atoms with Crippen molar-refractivity contribution in [3.05, 3.63) is 29.8 Å². The van der Waals surface area contributed by atoms with E-state index in [1.54, 1.807) is 38.4 Å². The molecule has 2 atom stereocenters. The van der Waals surface area contributed by atoms with Crippen LogP contribution in [0, 0.1) is 5.92 Å². The Morgan fingerprint density at radius 1 is 1.19 bits per heavy atom. The van der Waals surface area contributed by atoms with Gasteiger partial charge in [0.05, 0.1) is 11.3 Å². The molecule has 1 aliphatic rings. The largest absolute Gasteiger partial charge is 0.452 e. The molecule has 0 aromatic heterocycles. The van der Waals surface area contributed by atoms with Crippen molar-refractivity contribution in [3.63, 3.8) is 0 Å². The van der Waals surface area contributed by atoms with Crippen LogP contribution < -0.4 is 5.32 Å². The number of esters is 1. The zero-order chi connectivity index (χ0) is 19.8. The third kappa shape index (κ3) is 6.57. The Labute approximate surface area is 165 Å². The number of nitrogens with zero attached hydrogens (tertiary/aromatic N) is 1. The van der Waals surface area contributed by atoms with Gasteiger partial charge in [0.1, 0.15) is 0 Å². The second-order valence-corrected chi connectivity index (χ2v) is 8.10. The van der Waals surface area contributed by atoms with Gasteiger partial charge in [-0.3, -0.25) is 9.59 Å². The van der Waals surface area contributed by atoms with Crippen LogP contribution >= 0.6 is 11.8 Å². The number of benzene rings is 1. The van der Waals surface area contributed by atoms with Crippen LogP contribution in [0.1, 0.15) is 43.0 Å². The number of carbonyl (C=O) groups excluding carboxylic acids is 3. The SMILES string of the molecule is C[C@H]1CCCC[C@@H]1NC(=O)COC(=O)c1ccccc1SCC(=O)N(C)C. The molecule has 148 valence electrons. The van der Waals surface area contributed by atoms with Crippen LogP contribution in [0.3, 0.4) is 0 Å². The summed E-state index contributed by atoms with van der Waals surface area (Å²) in [6, 6.07) is 7.11. The fourth-order valence-corrected chi connectivity index (χ4v) is 4.04. The molecule has 0 radical (unpaired) electrons. The fourth-order valence-electron chi connectivity index (χ4n) is 3.02. The fraction of sp³-hybridized carbons (Fsp3) is 0.550. The van der Waals surface area contributed by atoms with Crippen molar-refractivity contribution < 1.29 is 19.1 Å². The quantitative estimate of drug-likeness (QED) is 0.570. The molecule has 0 saturated heterocycles. The minimum atomic E-state index is -0.553. The van der Waals surface area contributed by atoms with Crippen LogP contribution in [0.2, 0.25) is 0 Å². The molecule has 7 heteroatoms. The van der Waals surface area contributed by atoms with Crippen molar-refractivity contribution in [1.82, 2.24) is 10.2 Å². The van der Waals surface area contributed by atoms with Crippen molar-refractivity contribution in [1.29, 1.82) is 0 Å². The molecule has 0 unspecified atom stereocenters. The smallest absolute Gasteiger partial charge is 0.339 e. The number of hydrogen-bond donors (Lipinski definition) is 1. The van der Waals surface area contributed by atoms with Crippen LogP contribution in [0.5, 0.6) is 0 Å². The van der Waals surface area contributed by atoms with Gasteiger partial charge in [-0.2, -0.15) is 0 Å². The summed E-state index contributed by atoms with van der Waals surface area (Å²) < 4.78 is 5.20. The topological polar surface area (TPSA) is 75.7 Å². The molecule has 0 heterocycles. The summed E-state index contributed by atoms with van der Waals surface area (Å²) in [6.45, 7) is 1.84. The lowest BCUT2D eigenvalue weighted by molar-refractivity contribution is -0.126. The molecule has 1 saturated carbocycles. The second-order valence-electron chi connectivity index (χ2n) is 7.08. The number of thioether (sulfide) groups is 1. The lowest BCUT2D eigenvalue weighted by Gasteiger charge is -2.29. The predicted molar refractivity (Wildman–Crippen MR) is 106 cm³/mol. The van der Waals surface area contributed by atoms with Crippen molar-refractivity contribution in [2.24, 2.45) is 5.92 Å². The number of amides is 2. The van der Waals surface area contributed by atoms with Crippen molar-refractivity contribution in [3.8, 4) is 0 Å². The summed E-state index contributed by atoms with van der Waals surface area (Å²) in [7, 11) is 3.38. The molecular formula is C20H28N2O4S. The van der Waals surface area contributed by atoms with Crippen LogP contribution in [0.25, 0.3) is 0 Å². The van der Waals surface area contributed by atoms with Crippen molar-refractivity contribution in [2.45, 2.75) is 43.5 Å². The Hall–Kier alpha value is -2.02. The molecule has 1 N–H and O–H groups in total. The summed E-state index contributed by atoms with van der Waals surface area (Å²) in [5.74, 6) is -0.177. The minimum Gasteiger partial charge on any atom is -0.452 e. The van der Waals surface area contributed by atoms with Gasteiger partial charge < -0.3 is 15.0 Å². The van der Waals surface area contributed by atoms with Crippen LogP contribution in [-0.2, 0) is 14.3 Å². The minimum absolute atomic E-state index is 0.0378. The summed E-state index contributed by atoms with van der Waals surface area (Å²) in [5, 5.41) is 2.97. The lowest BCUT2D eigenvalue weighted by atomic mass is 9.86. The maximum atomic E-state index is 12.4. The summed E-state index contributed by atoms with van der Waals surface area (Å²) in [4.78, 5) is 38.5. The standard InChI is InChI=1S/C20H28N2O4S/c1-14-8-4-6-10-16(14)21-18(23)12-26-20(25)15-9-5-7-11-17(15)27-13-19(24)22(2)3/h5,7,9,11,14,16H,4,6,8,10,12-13H2,1-3H3,(H,21,23)/t14-,16-/m0/s1. The molecule has 0 bridgehead atoms. The van der Waals surface area contributed by atoms with Gasteiger partial charge in [-0.15, -0.1) is 11.8 Å². The van der Waals surface area contributed by atoms with E-state index in [9.17, 15) is 14.4 Å². The number of carbonyl (C=O) groups is 3. The average molecular weight is 393 g/mol. The van der Waals surface area contributed by atoms with Crippen LogP contribution in [0.15, 0.2) is 29.2 Å². The first kappa shape index (κ1) is 21.3. The van der Waals surface area contributed by atoms with E-state index in [0.29, 0.717) is 16.4 Å². The maximum Gasteiger partial charge on any atom is 0.339 e. The molecule has 2 rings (SSSR count). The van der Waals surface area contributed by atoms with Gasteiger partial charge in [0.15, 0.2) is 6.61 Å². The summed E-state index contributed by atoms with van der Waals surface area (Å²) >= 11 is 1.28. The molecule has 1 fully saturated rings.